The van der Waals surface area contributed by atoms with Crippen LogP contribution in [0.15, 0.2) is 24.5 Å². The van der Waals surface area contributed by atoms with Gasteiger partial charge in [0.25, 0.3) is 0 Å². The summed E-state index contributed by atoms with van der Waals surface area (Å²) in [6, 6.07) is 3.98. The van der Waals surface area contributed by atoms with E-state index in [0.29, 0.717) is 13.2 Å². The molecule has 3 fully saturated rings. The summed E-state index contributed by atoms with van der Waals surface area (Å²) in [4.78, 5) is 6.48. The van der Waals surface area contributed by atoms with Gasteiger partial charge in [-0.25, -0.2) is 8.42 Å². The zero-order chi connectivity index (χ0) is 15.9. The molecule has 0 radical (unpaired) electrons. The average Bonchev–Trinajstić information content (AvgIpc) is 3.42. The summed E-state index contributed by atoms with van der Waals surface area (Å²) < 4.78 is 33.1. The molecule has 7 heteroatoms. The molecule has 3 aliphatic rings. The standard InChI is InChI=1S/C16H23N3O3S/c20-23(21,14-3-4-14)19-10-11-22-16-6-9-18(8-5-15(16)19)13-2-1-7-17-12-13/h1-2,7,12,14-16H,3-6,8-11H2/t15-,16-/m0/s1. The molecule has 0 N–H and O–H groups in total. The first kappa shape index (κ1) is 15.4. The lowest BCUT2D eigenvalue weighted by Crippen LogP contribution is -2.54. The van der Waals surface area contributed by atoms with Gasteiger partial charge in [-0.3, -0.25) is 4.98 Å². The van der Waals surface area contributed by atoms with Gasteiger partial charge in [-0.1, -0.05) is 0 Å². The molecule has 2 saturated heterocycles. The number of nitrogens with zero attached hydrogens (tertiary/aromatic N) is 3. The Morgan fingerprint density at radius 2 is 1.96 bits per heavy atom. The van der Waals surface area contributed by atoms with Crippen LogP contribution in [-0.4, -0.2) is 61.3 Å². The number of pyridine rings is 1. The van der Waals surface area contributed by atoms with Gasteiger partial charge in [0.15, 0.2) is 0 Å². The molecule has 6 nitrogen and oxygen atoms in total. The molecule has 2 atom stereocenters. The van der Waals surface area contributed by atoms with Crippen molar-refractivity contribution in [2.24, 2.45) is 0 Å². The molecule has 1 saturated carbocycles. The van der Waals surface area contributed by atoms with Crippen molar-refractivity contribution >= 4 is 15.7 Å². The molecule has 0 amide bonds. The average molecular weight is 337 g/mol. The fourth-order valence-corrected chi connectivity index (χ4v) is 5.78. The van der Waals surface area contributed by atoms with Crippen molar-refractivity contribution in [1.82, 2.24) is 9.29 Å². The summed E-state index contributed by atoms with van der Waals surface area (Å²) in [5.41, 5.74) is 1.10. The van der Waals surface area contributed by atoms with Gasteiger partial charge in [0.1, 0.15) is 0 Å². The van der Waals surface area contributed by atoms with Crippen LogP contribution in [-0.2, 0) is 14.8 Å². The first-order valence-electron chi connectivity index (χ1n) is 8.43. The van der Waals surface area contributed by atoms with Crippen LogP contribution in [0.3, 0.4) is 0 Å². The highest BCUT2D eigenvalue weighted by atomic mass is 32.2. The van der Waals surface area contributed by atoms with Crippen molar-refractivity contribution < 1.29 is 13.2 Å². The maximum absolute atomic E-state index is 12.7. The summed E-state index contributed by atoms with van der Waals surface area (Å²) >= 11 is 0. The predicted molar refractivity (Wildman–Crippen MR) is 87.9 cm³/mol. The summed E-state index contributed by atoms with van der Waals surface area (Å²) in [5, 5.41) is -0.140. The number of sulfonamides is 1. The second kappa shape index (κ2) is 6.03. The second-order valence-corrected chi connectivity index (χ2v) is 8.77. The molecular weight excluding hydrogens is 314 g/mol. The molecule has 4 rings (SSSR count). The number of ether oxygens (including phenoxy) is 1. The van der Waals surface area contributed by atoms with E-state index in [1.165, 1.54) is 0 Å². The Morgan fingerprint density at radius 1 is 1.13 bits per heavy atom. The van der Waals surface area contributed by atoms with Gasteiger partial charge < -0.3 is 9.64 Å². The highest BCUT2D eigenvalue weighted by Crippen LogP contribution is 2.35. The van der Waals surface area contributed by atoms with E-state index in [4.69, 9.17) is 4.74 Å². The van der Waals surface area contributed by atoms with Crippen LogP contribution < -0.4 is 4.90 Å². The maximum atomic E-state index is 12.7. The van der Waals surface area contributed by atoms with Gasteiger partial charge in [0.2, 0.25) is 10.0 Å². The number of fused-ring (bicyclic) bond motifs is 1. The Hall–Kier alpha value is -1.18. The van der Waals surface area contributed by atoms with Crippen molar-refractivity contribution in [1.29, 1.82) is 0 Å². The predicted octanol–water partition coefficient (Wildman–Crippen LogP) is 1.24. The zero-order valence-electron chi connectivity index (χ0n) is 13.2. The van der Waals surface area contributed by atoms with E-state index < -0.39 is 10.0 Å². The van der Waals surface area contributed by atoms with Gasteiger partial charge in [0.05, 0.1) is 35.9 Å². The third-order valence-corrected chi connectivity index (χ3v) is 7.53. The number of anilines is 1. The van der Waals surface area contributed by atoms with Gasteiger partial charge in [-0.05, 0) is 37.8 Å². The SMILES string of the molecule is O=S(=O)(C1CC1)N1CCO[C@H]2CCN(c3cccnc3)CC[C@@H]21. The number of hydrogen-bond acceptors (Lipinski definition) is 5. The Morgan fingerprint density at radius 3 is 2.70 bits per heavy atom. The Kier molecular flexibility index (Phi) is 4.03. The third-order valence-electron chi connectivity index (χ3n) is 5.10. The van der Waals surface area contributed by atoms with E-state index in [1.54, 1.807) is 10.5 Å². The van der Waals surface area contributed by atoms with Gasteiger partial charge in [-0.15, -0.1) is 0 Å². The van der Waals surface area contributed by atoms with Gasteiger partial charge >= 0.3 is 0 Å². The van der Waals surface area contributed by atoms with Crippen molar-refractivity contribution in [2.75, 3.05) is 31.1 Å². The van der Waals surface area contributed by atoms with Gasteiger partial charge in [0, 0.05) is 25.8 Å². The van der Waals surface area contributed by atoms with Crippen molar-refractivity contribution in [3.05, 3.63) is 24.5 Å². The largest absolute Gasteiger partial charge is 0.375 e. The molecular formula is C16H23N3O3S. The Labute approximate surface area is 137 Å². The number of hydrogen-bond donors (Lipinski definition) is 0. The second-order valence-electron chi connectivity index (χ2n) is 6.61. The molecule has 0 spiro atoms. The van der Waals surface area contributed by atoms with E-state index in [0.717, 1.165) is 44.5 Å². The topological polar surface area (TPSA) is 62.7 Å². The molecule has 0 aromatic carbocycles. The smallest absolute Gasteiger partial charge is 0.217 e. The van der Waals surface area contributed by atoms with Crippen LogP contribution in [0.1, 0.15) is 25.7 Å². The van der Waals surface area contributed by atoms with Gasteiger partial charge in [-0.2, -0.15) is 4.31 Å². The normalized spacial score (nSPS) is 29.8. The molecule has 2 aliphatic heterocycles. The summed E-state index contributed by atoms with van der Waals surface area (Å²) in [7, 11) is -3.14. The highest BCUT2D eigenvalue weighted by molar-refractivity contribution is 7.90. The van der Waals surface area contributed by atoms with E-state index in [9.17, 15) is 8.42 Å². The molecule has 3 heterocycles. The minimum Gasteiger partial charge on any atom is -0.375 e. The molecule has 1 aromatic heterocycles. The van der Waals surface area contributed by atoms with Crippen LogP contribution in [0.2, 0.25) is 0 Å². The minimum atomic E-state index is -3.14. The monoisotopic (exact) mass is 337 g/mol. The summed E-state index contributed by atoms with van der Waals surface area (Å²) in [5.74, 6) is 0. The van der Waals surface area contributed by atoms with Crippen molar-refractivity contribution in [3.63, 3.8) is 0 Å². The Bertz CT molecular complexity index is 648. The van der Waals surface area contributed by atoms with Crippen LogP contribution in [0.25, 0.3) is 0 Å². The third kappa shape index (κ3) is 2.97. The number of rotatable bonds is 3. The number of morpholine rings is 1. The lowest BCUT2D eigenvalue weighted by molar-refractivity contribution is -0.0406. The highest BCUT2D eigenvalue weighted by Gasteiger charge is 2.46. The van der Waals surface area contributed by atoms with E-state index in [2.05, 4.69) is 16.0 Å². The van der Waals surface area contributed by atoms with E-state index >= 15 is 0 Å². The molecule has 126 valence electrons. The fraction of sp³-hybridized carbons (Fsp3) is 0.688. The molecule has 0 bridgehead atoms. The minimum absolute atomic E-state index is 0.0129. The first-order valence-corrected chi connectivity index (χ1v) is 9.94. The van der Waals surface area contributed by atoms with Crippen LogP contribution in [0, 0.1) is 0 Å². The molecule has 1 aliphatic carbocycles. The van der Waals surface area contributed by atoms with Crippen LogP contribution in [0.5, 0.6) is 0 Å². The lowest BCUT2D eigenvalue weighted by atomic mass is 10.0. The van der Waals surface area contributed by atoms with Crippen molar-refractivity contribution in [3.8, 4) is 0 Å². The summed E-state index contributed by atoms with van der Waals surface area (Å²) in [6.45, 7) is 2.74. The quantitative estimate of drug-likeness (QED) is 0.830. The fourth-order valence-electron chi connectivity index (χ4n) is 3.72. The van der Waals surface area contributed by atoms with Crippen LogP contribution >= 0.6 is 0 Å². The summed E-state index contributed by atoms with van der Waals surface area (Å²) in [6.07, 6.45) is 6.96. The lowest BCUT2D eigenvalue weighted by Gasteiger charge is -2.39. The molecule has 0 unspecified atom stereocenters. The van der Waals surface area contributed by atoms with Crippen molar-refractivity contribution in [2.45, 2.75) is 43.1 Å². The van der Waals surface area contributed by atoms with E-state index in [1.807, 2.05) is 12.3 Å². The molecule has 1 aromatic rings. The first-order chi connectivity index (χ1) is 11.2. The van der Waals surface area contributed by atoms with E-state index in [-0.39, 0.29) is 17.4 Å². The zero-order valence-corrected chi connectivity index (χ0v) is 14.0. The maximum Gasteiger partial charge on any atom is 0.217 e. The molecule has 23 heavy (non-hydrogen) atoms. The van der Waals surface area contributed by atoms with Crippen LogP contribution in [0.4, 0.5) is 5.69 Å². The Balaban J connectivity index is 1.53. The number of aromatic nitrogens is 1.